The van der Waals surface area contributed by atoms with E-state index in [-0.39, 0.29) is 18.4 Å². The molecule has 1 heterocycles. The van der Waals surface area contributed by atoms with Crippen molar-refractivity contribution in [2.24, 2.45) is 0 Å². The zero-order valence-electron chi connectivity index (χ0n) is 12.5. The summed E-state index contributed by atoms with van der Waals surface area (Å²) in [5.74, 6) is -0.636. The zero-order valence-corrected chi connectivity index (χ0v) is 12.5. The van der Waals surface area contributed by atoms with E-state index in [9.17, 15) is 14.4 Å². The first-order chi connectivity index (χ1) is 10.6. The molecule has 1 saturated heterocycles. The molecule has 2 aliphatic rings. The van der Waals surface area contributed by atoms with Gasteiger partial charge in [-0.2, -0.15) is 0 Å². The van der Waals surface area contributed by atoms with E-state index in [0.717, 1.165) is 28.9 Å². The predicted octanol–water partition coefficient (Wildman–Crippen LogP) is 0.906. The van der Waals surface area contributed by atoms with E-state index in [1.54, 1.807) is 0 Å². The number of nitrogens with zero attached hydrogens (tertiary/aromatic N) is 1. The Hall–Kier alpha value is -2.37. The van der Waals surface area contributed by atoms with Crippen LogP contribution < -0.4 is 10.6 Å². The second-order valence-electron chi connectivity index (χ2n) is 5.73. The molecular weight excluding hydrogens is 282 g/mol. The van der Waals surface area contributed by atoms with Crippen LogP contribution in [-0.2, 0) is 21.5 Å². The van der Waals surface area contributed by atoms with E-state index in [4.69, 9.17) is 0 Å². The molecule has 6 heteroatoms. The summed E-state index contributed by atoms with van der Waals surface area (Å²) in [5.41, 5.74) is 0.942. The Morgan fingerprint density at radius 3 is 2.91 bits per heavy atom. The minimum atomic E-state index is -0.987. The van der Waals surface area contributed by atoms with E-state index in [1.165, 1.54) is 0 Å². The molecule has 1 aromatic rings. The van der Waals surface area contributed by atoms with E-state index < -0.39 is 11.6 Å². The molecule has 0 unspecified atom stereocenters. The molecule has 1 aliphatic carbocycles. The van der Waals surface area contributed by atoms with E-state index in [2.05, 4.69) is 10.6 Å². The summed E-state index contributed by atoms with van der Waals surface area (Å²) in [6, 6.07) is 7.14. The Kier molecular flexibility index (Phi) is 3.60. The van der Waals surface area contributed by atoms with Crippen LogP contribution in [0, 0.1) is 0 Å². The number of carbonyl (C=O) groups excluding carboxylic acids is 3. The highest BCUT2D eigenvalue weighted by Crippen LogP contribution is 2.41. The van der Waals surface area contributed by atoms with Gasteiger partial charge in [0, 0.05) is 6.54 Å². The van der Waals surface area contributed by atoms with Crippen molar-refractivity contribution in [3.05, 3.63) is 35.4 Å². The van der Waals surface area contributed by atoms with Crippen molar-refractivity contribution in [3.8, 4) is 0 Å². The molecule has 0 aromatic heterocycles. The number of hydrogen-bond acceptors (Lipinski definition) is 3. The van der Waals surface area contributed by atoms with Crippen molar-refractivity contribution in [2.75, 3.05) is 13.1 Å². The predicted molar refractivity (Wildman–Crippen MR) is 80.0 cm³/mol. The highest BCUT2D eigenvalue weighted by molar-refractivity contribution is 6.09. The van der Waals surface area contributed by atoms with Crippen LogP contribution >= 0.6 is 0 Å². The molecule has 3 rings (SSSR count). The Bertz CT molecular complexity index is 643. The number of carbonyl (C=O) groups is 3. The second-order valence-corrected chi connectivity index (χ2v) is 5.73. The summed E-state index contributed by atoms with van der Waals surface area (Å²) in [5, 5.41) is 5.49. The fraction of sp³-hybridized carbons (Fsp3) is 0.438. The molecule has 1 aromatic carbocycles. The minimum absolute atomic E-state index is 0.228. The summed E-state index contributed by atoms with van der Waals surface area (Å²) >= 11 is 0. The van der Waals surface area contributed by atoms with Crippen LogP contribution in [0.4, 0.5) is 4.79 Å². The van der Waals surface area contributed by atoms with Crippen molar-refractivity contribution in [3.63, 3.8) is 0 Å². The molecule has 6 nitrogen and oxygen atoms in total. The van der Waals surface area contributed by atoms with E-state index in [0.29, 0.717) is 13.0 Å². The highest BCUT2D eigenvalue weighted by Gasteiger charge is 2.55. The number of benzene rings is 1. The smallest absolute Gasteiger partial charge is 0.325 e. The van der Waals surface area contributed by atoms with Gasteiger partial charge in [-0.15, -0.1) is 0 Å². The Morgan fingerprint density at radius 2 is 2.14 bits per heavy atom. The largest absolute Gasteiger partial charge is 0.355 e. The van der Waals surface area contributed by atoms with Gasteiger partial charge in [0.1, 0.15) is 12.1 Å². The van der Waals surface area contributed by atoms with Crippen LogP contribution in [0.25, 0.3) is 0 Å². The molecule has 0 saturated carbocycles. The van der Waals surface area contributed by atoms with Crippen molar-refractivity contribution in [1.29, 1.82) is 0 Å². The lowest BCUT2D eigenvalue weighted by Crippen LogP contribution is -2.43. The number of nitrogens with one attached hydrogen (secondary N) is 2. The molecular formula is C16H19N3O3. The van der Waals surface area contributed by atoms with Crippen LogP contribution in [0.15, 0.2) is 24.3 Å². The Morgan fingerprint density at radius 1 is 1.36 bits per heavy atom. The van der Waals surface area contributed by atoms with Gasteiger partial charge in [0.05, 0.1) is 0 Å². The first kappa shape index (κ1) is 14.6. The number of aryl methyl sites for hydroxylation is 1. The number of fused-ring (bicyclic) bond motifs is 2. The van der Waals surface area contributed by atoms with Gasteiger partial charge in [-0.3, -0.25) is 14.5 Å². The number of imide groups is 1. The first-order valence-corrected chi connectivity index (χ1v) is 7.57. The lowest BCUT2D eigenvalue weighted by atomic mass is 9.92. The lowest BCUT2D eigenvalue weighted by molar-refractivity contribution is -0.135. The molecule has 1 aliphatic heterocycles. The fourth-order valence-electron chi connectivity index (χ4n) is 3.20. The van der Waals surface area contributed by atoms with Crippen LogP contribution in [-0.4, -0.2) is 35.8 Å². The van der Waals surface area contributed by atoms with Gasteiger partial charge in [-0.05, 0) is 30.4 Å². The SMILES string of the molecule is CCCNC(=O)CN1C(=O)N[C@]2(CCc3ccccc32)C1=O. The number of hydrogen-bond donors (Lipinski definition) is 2. The zero-order chi connectivity index (χ0) is 15.7. The van der Waals surface area contributed by atoms with Crippen molar-refractivity contribution in [1.82, 2.24) is 15.5 Å². The third kappa shape index (κ3) is 2.15. The average Bonchev–Trinajstić information content (AvgIpc) is 3.00. The van der Waals surface area contributed by atoms with Crippen LogP contribution in [0.1, 0.15) is 30.9 Å². The quantitative estimate of drug-likeness (QED) is 0.811. The molecule has 1 fully saturated rings. The molecule has 0 radical (unpaired) electrons. The van der Waals surface area contributed by atoms with Gasteiger partial charge in [-0.25, -0.2) is 4.79 Å². The van der Waals surface area contributed by atoms with Gasteiger partial charge in [-0.1, -0.05) is 31.2 Å². The van der Waals surface area contributed by atoms with E-state index >= 15 is 0 Å². The van der Waals surface area contributed by atoms with Crippen LogP contribution in [0.2, 0.25) is 0 Å². The first-order valence-electron chi connectivity index (χ1n) is 7.57. The summed E-state index contributed by atoms with van der Waals surface area (Å²) in [6.45, 7) is 2.25. The summed E-state index contributed by atoms with van der Waals surface area (Å²) in [6.07, 6.45) is 2.10. The van der Waals surface area contributed by atoms with Gasteiger partial charge < -0.3 is 10.6 Å². The Balaban J connectivity index is 1.82. The summed E-state index contributed by atoms with van der Waals surface area (Å²) in [7, 11) is 0. The van der Waals surface area contributed by atoms with Gasteiger partial charge >= 0.3 is 6.03 Å². The summed E-state index contributed by atoms with van der Waals surface area (Å²) in [4.78, 5) is 37.8. The highest BCUT2D eigenvalue weighted by atomic mass is 16.2. The maximum absolute atomic E-state index is 12.8. The van der Waals surface area contributed by atoms with Gasteiger partial charge in [0.25, 0.3) is 5.91 Å². The van der Waals surface area contributed by atoms with Gasteiger partial charge in [0.15, 0.2) is 0 Å². The Labute approximate surface area is 128 Å². The topological polar surface area (TPSA) is 78.5 Å². The van der Waals surface area contributed by atoms with Gasteiger partial charge in [0.2, 0.25) is 5.91 Å². The summed E-state index contributed by atoms with van der Waals surface area (Å²) < 4.78 is 0. The average molecular weight is 301 g/mol. The maximum atomic E-state index is 12.8. The van der Waals surface area contributed by atoms with E-state index in [1.807, 2.05) is 31.2 Å². The molecule has 4 amide bonds. The third-order valence-electron chi connectivity index (χ3n) is 4.30. The molecule has 116 valence electrons. The van der Waals surface area contributed by atoms with Crippen molar-refractivity contribution in [2.45, 2.75) is 31.7 Å². The van der Waals surface area contributed by atoms with Crippen molar-refractivity contribution >= 4 is 17.8 Å². The second kappa shape index (κ2) is 5.44. The number of rotatable bonds is 4. The molecule has 1 spiro atoms. The van der Waals surface area contributed by atoms with Crippen molar-refractivity contribution < 1.29 is 14.4 Å². The maximum Gasteiger partial charge on any atom is 0.325 e. The third-order valence-corrected chi connectivity index (χ3v) is 4.30. The number of amides is 4. The number of urea groups is 1. The normalized spacial score (nSPS) is 22.9. The fourth-order valence-corrected chi connectivity index (χ4v) is 3.20. The molecule has 1 atom stereocenters. The lowest BCUT2D eigenvalue weighted by Gasteiger charge is -2.22. The molecule has 2 N–H and O–H groups in total. The van der Waals surface area contributed by atoms with Crippen LogP contribution in [0.5, 0.6) is 0 Å². The standard InChI is InChI=1S/C16H19N3O3/c1-2-9-17-13(20)10-19-14(21)16(18-15(19)22)8-7-11-5-3-4-6-12(11)16/h3-6H,2,7-10H2,1H3,(H,17,20)(H,18,22)/t16-/m0/s1. The monoisotopic (exact) mass is 301 g/mol. The van der Waals surface area contributed by atoms with Crippen LogP contribution in [0.3, 0.4) is 0 Å². The minimum Gasteiger partial charge on any atom is -0.355 e. The molecule has 0 bridgehead atoms. The molecule has 22 heavy (non-hydrogen) atoms.